The van der Waals surface area contributed by atoms with Gasteiger partial charge in [-0.15, -0.1) is 0 Å². The summed E-state index contributed by atoms with van der Waals surface area (Å²) in [6.45, 7) is 0. The van der Waals surface area contributed by atoms with Gasteiger partial charge in [-0.3, -0.25) is 4.79 Å². The van der Waals surface area contributed by atoms with Crippen molar-refractivity contribution in [2.75, 3.05) is 0 Å². The van der Waals surface area contributed by atoms with Crippen LogP contribution in [0.1, 0.15) is 154 Å². The molecule has 3 rings (SSSR count). The first-order chi connectivity index (χ1) is 16.8. The first-order valence-electron chi connectivity index (χ1n) is 15.1. The average Bonchev–Trinajstić information content (AvgIpc) is 2.86. The Labute approximate surface area is 210 Å². The van der Waals surface area contributed by atoms with E-state index in [1.807, 2.05) is 0 Å². The molecule has 192 valence electrons. The number of rotatable bonds is 4. The second kappa shape index (κ2) is 17.2. The van der Waals surface area contributed by atoms with Crippen LogP contribution in [0.15, 0.2) is 35.1 Å². The minimum Gasteiger partial charge on any atom is -0.431 e. The lowest BCUT2D eigenvalue weighted by Gasteiger charge is -2.25. The van der Waals surface area contributed by atoms with Gasteiger partial charge in [0.1, 0.15) is 5.76 Å². The molecule has 3 aliphatic rings. The first-order valence-corrected chi connectivity index (χ1v) is 15.1. The van der Waals surface area contributed by atoms with Crippen LogP contribution in [0.2, 0.25) is 0 Å². The Hall–Kier alpha value is -1.31. The highest BCUT2D eigenvalue weighted by molar-refractivity contribution is 5.80. The summed E-state index contributed by atoms with van der Waals surface area (Å²) in [5.41, 5.74) is 2.74. The minimum absolute atomic E-state index is 0.0231. The lowest BCUT2D eigenvalue weighted by molar-refractivity contribution is -0.142. The molecule has 2 nitrogen and oxygen atoms in total. The quantitative estimate of drug-likeness (QED) is 0.303. The highest BCUT2D eigenvalue weighted by Crippen LogP contribution is 2.34. The van der Waals surface area contributed by atoms with Crippen molar-refractivity contribution in [3.63, 3.8) is 0 Å². The lowest BCUT2D eigenvalue weighted by Crippen LogP contribution is -2.23. The second-order valence-corrected chi connectivity index (χ2v) is 11.1. The Kier molecular flexibility index (Phi) is 13.8. The van der Waals surface area contributed by atoms with E-state index in [4.69, 9.17) is 4.74 Å². The first kappa shape index (κ1) is 27.3. The molecule has 0 aromatic rings. The normalized spacial score (nSPS) is 23.9. The molecule has 0 aromatic carbocycles. The smallest absolute Gasteiger partial charge is 0.322 e. The van der Waals surface area contributed by atoms with E-state index in [-0.39, 0.29) is 11.9 Å². The molecule has 0 bridgehead atoms. The molecule has 3 aliphatic carbocycles. The third-order valence-corrected chi connectivity index (χ3v) is 8.11. The third kappa shape index (κ3) is 10.5. The molecule has 34 heavy (non-hydrogen) atoms. The van der Waals surface area contributed by atoms with Gasteiger partial charge in [0, 0.05) is 6.42 Å². The van der Waals surface area contributed by atoms with Gasteiger partial charge >= 0.3 is 5.97 Å². The van der Waals surface area contributed by atoms with Crippen LogP contribution in [0.4, 0.5) is 0 Å². The number of carbonyl (C=O) groups is 1. The number of hydrogen-bond acceptors (Lipinski definition) is 2. The van der Waals surface area contributed by atoms with Gasteiger partial charge in [0.2, 0.25) is 0 Å². The number of ether oxygens (including phenoxy) is 1. The number of hydrogen-bond donors (Lipinski definition) is 0. The zero-order valence-corrected chi connectivity index (χ0v) is 22.1. The molecule has 0 N–H and O–H groups in total. The standard InChI is InChI=1S/C32H52O2/c33-32(34-30-26-20-14-8-3-9-15-21-27-30)31(28-22-16-10-4-1-5-11-17-23-28)29-24-18-12-6-2-7-13-19-25-29/h22,24,26,31H,1-21,23,25,27H2. The van der Waals surface area contributed by atoms with Crippen LogP contribution < -0.4 is 0 Å². The summed E-state index contributed by atoms with van der Waals surface area (Å²) in [4.78, 5) is 13.9. The summed E-state index contributed by atoms with van der Waals surface area (Å²) in [7, 11) is 0. The maximum atomic E-state index is 13.9. The molecule has 0 radical (unpaired) electrons. The van der Waals surface area contributed by atoms with E-state index in [0.717, 1.165) is 50.7 Å². The molecule has 2 heteroatoms. The molecule has 0 heterocycles. The van der Waals surface area contributed by atoms with E-state index in [1.54, 1.807) is 0 Å². The molecule has 0 aromatic heterocycles. The van der Waals surface area contributed by atoms with Gasteiger partial charge in [0.05, 0.1) is 5.92 Å². The van der Waals surface area contributed by atoms with Crippen LogP contribution >= 0.6 is 0 Å². The van der Waals surface area contributed by atoms with Crippen molar-refractivity contribution in [1.82, 2.24) is 0 Å². The molecule has 0 unspecified atom stereocenters. The molecular formula is C32H52O2. The number of carbonyl (C=O) groups excluding carboxylic acids is 1. The summed E-state index contributed by atoms with van der Waals surface area (Å²) in [6.07, 6.45) is 36.7. The summed E-state index contributed by atoms with van der Waals surface area (Å²) in [5.74, 6) is 0.836. The van der Waals surface area contributed by atoms with Gasteiger partial charge < -0.3 is 4.74 Å². The zero-order valence-electron chi connectivity index (χ0n) is 22.1. The van der Waals surface area contributed by atoms with Crippen LogP contribution in [0.3, 0.4) is 0 Å². The van der Waals surface area contributed by atoms with Crippen LogP contribution in [-0.4, -0.2) is 5.97 Å². The van der Waals surface area contributed by atoms with Gasteiger partial charge in [-0.1, -0.05) is 100 Å². The fourth-order valence-corrected chi connectivity index (χ4v) is 6.00. The molecule has 0 saturated heterocycles. The SMILES string of the molecule is O=C(OC1=CCCCCCCCC1)C(C1=CCCCCCCCC1)C1=CCCCCCCCC1. The fourth-order valence-electron chi connectivity index (χ4n) is 6.00. The summed E-state index contributed by atoms with van der Waals surface area (Å²) in [5, 5.41) is 0. The molecule has 0 fully saturated rings. The maximum absolute atomic E-state index is 13.9. The van der Waals surface area contributed by atoms with Crippen molar-refractivity contribution in [3.05, 3.63) is 35.1 Å². The average molecular weight is 469 g/mol. The van der Waals surface area contributed by atoms with Gasteiger partial charge in [0.25, 0.3) is 0 Å². The molecule has 0 aliphatic heterocycles. The summed E-state index contributed by atoms with van der Waals surface area (Å²) in [6, 6.07) is 0. The predicted molar refractivity (Wildman–Crippen MR) is 145 cm³/mol. The Morgan fingerprint density at radius 2 is 0.882 bits per heavy atom. The van der Waals surface area contributed by atoms with E-state index in [9.17, 15) is 4.79 Å². The van der Waals surface area contributed by atoms with Crippen molar-refractivity contribution in [3.8, 4) is 0 Å². The number of esters is 1. The molecule has 0 atom stereocenters. The third-order valence-electron chi connectivity index (χ3n) is 8.11. The topological polar surface area (TPSA) is 26.3 Å². The van der Waals surface area contributed by atoms with Crippen molar-refractivity contribution in [2.45, 2.75) is 154 Å². The van der Waals surface area contributed by atoms with Crippen LogP contribution in [-0.2, 0) is 9.53 Å². The van der Waals surface area contributed by atoms with Gasteiger partial charge in [-0.2, -0.15) is 0 Å². The Bertz CT molecular complexity index is 634. The second-order valence-electron chi connectivity index (χ2n) is 11.1. The van der Waals surface area contributed by atoms with Crippen molar-refractivity contribution in [2.24, 2.45) is 5.92 Å². The Morgan fingerprint density at radius 1 is 0.500 bits per heavy atom. The van der Waals surface area contributed by atoms with Crippen LogP contribution in [0.5, 0.6) is 0 Å². The summed E-state index contributed by atoms with van der Waals surface area (Å²) >= 11 is 0. The minimum atomic E-state index is -0.143. The van der Waals surface area contributed by atoms with E-state index < -0.39 is 0 Å². The molecule has 0 amide bonds. The summed E-state index contributed by atoms with van der Waals surface area (Å²) < 4.78 is 6.29. The largest absolute Gasteiger partial charge is 0.431 e. The predicted octanol–water partition coefficient (Wildman–Crippen LogP) is 10.3. The Morgan fingerprint density at radius 3 is 1.38 bits per heavy atom. The highest BCUT2D eigenvalue weighted by Gasteiger charge is 2.29. The van der Waals surface area contributed by atoms with E-state index in [2.05, 4.69) is 18.2 Å². The zero-order chi connectivity index (χ0) is 23.7. The number of allylic oxidation sites excluding steroid dienone is 4. The van der Waals surface area contributed by atoms with E-state index >= 15 is 0 Å². The van der Waals surface area contributed by atoms with E-state index in [0.29, 0.717) is 0 Å². The maximum Gasteiger partial charge on any atom is 0.322 e. The monoisotopic (exact) mass is 468 g/mol. The van der Waals surface area contributed by atoms with Gasteiger partial charge in [0.15, 0.2) is 0 Å². The molecule has 0 spiro atoms. The van der Waals surface area contributed by atoms with Crippen LogP contribution in [0, 0.1) is 5.92 Å². The Balaban J connectivity index is 1.82. The van der Waals surface area contributed by atoms with Crippen molar-refractivity contribution < 1.29 is 9.53 Å². The lowest BCUT2D eigenvalue weighted by atomic mass is 9.82. The molecular weight excluding hydrogens is 416 g/mol. The van der Waals surface area contributed by atoms with Gasteiger partial charge in [-0.05, 0) is 76.7 Å². The highest BCUT2D eigenvalue weighted by atomic mass is 16.5. The van der Waals surface area contributed by atoms with Crippen molar-refractivity contribution in [1.29, 1.82) is 0 Å². The molecule has 0 saturated carbocycles. The van der Waals surface area contributed by atoms with Gasteiger partial charge in [-0.25, -0.2) is 0 Å². The van der Waals surface area contributed by atoms with Crippen LogP contribution in [0.25, 0.3) is 0 Å². The van der Waals surface area contributed by atoms with E-state index in [1.165, 1.54) is 120 Å². The van der Waals surface area contributed by atoms with Crippen molar-refractivity contribution >= 4 is 5.97 Å². The fraction of sp³-hybridized carbons (Fsp3) is 0.781.